The Hall–Kier alpha value is -2.14. The Morgan fingerprint density at radius 3 is 2.84 bits per heavy atom. The van der Waals surface area contributed by atoms with Gasteiger partial charge >= 0.3 is 0 Å². The molecule has 0 radical (unpaired) electrons. The van der Waals surface area contributed by atoms with Crippen LogP contribution in [0.2, 0.25) is 5.15 Å². The van der Waals surface area contributed by atoms with Crippen molar-refractivity contribution in [1.29, 1.82) is 0 Å². The zero-order chi connectivity index (χ0) is 18.1. The Morgan fingerprint density at radius 1 is 1.36 bits per heavy atom. The fourth-order valence-corrected chi connectivity index (χ4v) is 3.18. The lowest BCUT2D eigenvalue weighted by atomic mass is 10.1. The first-order chi connectivity index (χ1) is 11.9. The lowest BCUT2D eigenvalue weighted by molar-refractivity contribution is 0.350. The van der Waals surface area contributed by atoms with Crippen LogP contribution in [-0.2, 0) is 6.54 Å². The largest absolute Gasteiger partial charge is 0.384 e. The Balaban J connectivity index is 2.18. The van der Waals surface area contributed by atoms with Crippen molar-refractivity contribution in [3.63, 3.8) is 0 Å². The smallest absolute Gasteiger partial charge is 0.223 e. The van der Waals surface area contributed by atoms with E-state index in [0.29, 0.717) is 23.1 Å². The third-order valence-corrected chi connectivity index (χ3v) is 5.33. The van der Waals surface area contributed by atoms with E-state index in [1.165, 1.54) is 0 Å². The molecule has 3 N–H and O–H groups in total. The predicted molar refractivity (Wildman–Crippen MR) is 101 cm³/mol. The minimum atomic E-state index is -0.244. The van der Waals surface area contributed by atoms with E-state index >= 15 is 0 Å². The minimum Gasteiger partial charge on any atom is -0.384 e. The molecule has 3 heterocycles. The number of pyridine rings is 1. The SMILES string of the molecule is Cc1cnc(Cn2cc(C#CCO)c3c(Cl)nc(N)nc32)c(C)c1Br. The Labute approximate surface area is 158 Å². The fourth-order valence-electron chi connectivity index (χ4n) is 2.58. The predicted octanol–water partition coefficient (Wildman–Crippen LogP) is 2.83. The van der Waals surface area contributed by atoms with Crippen LogP contribution in [0.5, 0.6) is 0 Å². The van der Waals surface area contributed by atoms with Gasteiger partial charge in [-0.05, 0) is 25.0 Å². The van der Waals surface area contributed by atoms with Crippen molar-refractivity contribution in [3.8, 4) is 11.8 Å². The number of nitrogens with zero attached hydrogens (tertiary/aromatic N) is 4. The van der Waals surface area contributed by atoms with Gasteiger partial charge in [0.05, 0.1) is 23.2 Å². The quantitative estimate of drug-likeness (QED) is 0.491. The highest BCUT2D eigenvalue weighted by atomic mass is 79.9. The molecule has 0 fully saturated rings. The number of fused-ring (bicyclic) bond motifs is 1. The number of halogens is 2. The number of nitrogens with two attached hydrogens (primary N) is 1. The summed E-state index contributed by atoms with van der Waals surface area (Å²) < 4.78 is 2.92. The molecule has 0 unspecified atom stereocenters. The molecule has 3 aromatic heterocycles. The van der Waals surface area contributed by atoms with E-state index in [1.807, 2.05) is 30.8 Å². The maximum atomic E-state index is 8.97. The number of anilines is 1. The molecule has 0 bridgehead atoms. The first kappa shape index (κ1) is 17.7. The lowest BCUT2D eigenvalue weighted by Gasteiger charge is -2.10. The number of aliphatic hydroxyl groups is 1. The van der Waals surface area contributed by atoms with Crippen LogP contribution >= 0.6 is 27.5 Å². The van der Waals surface area contributed by atoms with E-state index in [1.54, 1.807) is 0 Å². The van der Waals surface area contributed by atoms with Crippen LogP contribution in [0.15, 0.2) is 16.9 Å². The summed E-state index contributed by atoms with van der Waals surface area (Å²) in [6.45, 7) is 4.24. The van der Waals surface area contributed by atoms with Crippen molar-refractivity contribution in [1.82, 2.24) is 19.5 Å². The lowest BCUT2D eigenvalue weighted by Crippen LogP contribution is -2.06. The molecule has 6 nitrogen and oxygen atoms in total. The van der Waals surface area contributed by atoms with E-state index in [0.717, 1.165) is 21.3 Å². The minimum absolute atomic E-state index is 0.0910. The summed E-state index contributed by atoms with van der Waals surface area (Å²) in [5.41, 5.74) is 9.99. The maximum absolute atomic E-state index is 8.97. The topological polar surface area (TPSA) is 89.8 Å². The second-order valence-electron chi connectivity index (χ2n) is 5.53. The molecule has 3 rings (SSSR count). The molecule has 0 saturated heterocycles. The van der Waals surface area contributed by atoms with Crippen LogP contribution < -0.4 is 5.73 Å². The number of aliphatic hydroxyl groups excluding tert-OH is 1. The number of aryl methyl sites for hydroxylation is 1. The van der Waals surface area contributed by atoms with E-state index in [2.05, 4.69) is 42.7 Å². The third kappa shape index (κ3) is 3.33. The highest BCUT2D eigenvalue weighted by Crippen LogP contribution is 2.28. The summed E-state index contributed by atoms with van der Waals surface area (Å²) in [5, 5.41) is 9.81. The first-order valence-electron chi connectivity index (χ1n) is 7.44. The van der Waals surface area contributed by atoms with Crippen LogP contribution in [-0.4, -0.2) is 31.2 Å². The van der Waals surface area contributed by atoms with Crippen molar-refractivity contribution in [3.05, 3.63) is 44.4 Å². The van der Waals surface area contributed by atoms with Gasteiger partial charge in [0, 0.05) is 16.9 Å². The molecule has 3 aromatic rings. The highest BCUT2D eigenvalue weighted by Gasteiger charge is 2.16. The highest BCUT2D eigenvalue weighted by molar-refractivity contribution is 9.10. The van der Waals surface area contributed by atoms with Crippen molar-refractivity contribution in [2.24, 2.45) is 0 Å². The van der Waals surface area contributed by atoms with Crippen molar-refractivity contribution < 1.29 is 5.11 Å². The van der Waals surface area contributed by atoms with Gasteiger partial charge in [-0.3, -0.25) is 4.98 Å². The number of hydrogen-bond acceptors (Lipinski definition) is 5. The third-order valence-electron chi connectivity index (χ3n) is 3.83. The Bertz CT molecular complexity index is 1040. The van der Waals surface area contributed by atoms with Gasteiger partial charge in [-0.2, -0.15) is 4.98 Å². The summed E-state index contributed by atoms with van der Waals surface area (Å²) in [5.74, 6) is 5.60. The van der Waals surface area contributed by atoms with Crippen LogP contribution in [0.1, 0.15) is 22.4 Å². The molecule has 8 heteroatoms. The van der Waals surface area contributed by atoms with E-state index in [4.69, 9.17) is 22.4 Å². The van der Waals surface area contributed by atoms with Gasteiger partial charge in [-0.15, -0.1) is 0 Å². The molecular formula is C17H15BrClN5O. The summed E-state index contributed by atoms with van der Waals surface area (Å²) in [7, 11) is 0. The van der Waals surface area contributed by atoms with Gasteiger partial charge in [-0.25, -0.2) is 4.98 Å². The molecule has 128 valence electrons. The summed E-state index contributed by atoms with van der Waals surface area (Å²) in [4.78, 5) is 12.8. The number of rotatable bonds is 2. The van der Waals surface area contributed by atoms with Gasteiger partial charge in [0.1, 0.15) is 17.4 Å². The summed E-state index contributed by atoms with van der Waals surface area (Å²) >= 11 is 9.83. The van der Waals surface area contributed by atoms with Gasteiger partial charge in [-0.1, -0.05) is 39.4 Å². The zero-order valence-electron chi connectivity index (χ0n) is 13.6. The van der Waals surface area contributed by atoms with Crippen LogP contribution in [0.4, 0.5) is 5.95 Å². The zero-order valence-corrected chi connectivity index (χ0v) is 16.0. The molecule has 0 spiro atoms. The average molecular weight is 421 g/mol. The van der Waals surface area contributed by atoms with Crippen LogP contribution in [0.25, 0.3) is 11.0 Å². The summed E-state index contributed by atoms with van der Waals surface area (Å²) in [6, 6.07) is 0. The standard InChI is InChI=1S/C17H15BrClN5O/c1-9-6-21-12(10(2)14(9)18)8-24-7-11(4-3-5-25)13-15(19)22-17(20)23-16(13)24/h6-7,25H,5,8H2,1-2H3,(H2,20,22,23). The van der Waals surface area contributed by atoms with Gasteiger partial charge in [0.15, 0.2) is 0 Å². The molecule has 0 aliphatic carbocycles. The molecule has 0 aliphatic rings. The molecular weight excluding hydrogens is 406 g/mol. The van der Waals surface area contributed by atoms with Crippen molar-refractivity contribution in [2.75, 3.05) is 12.3 Å². The van der Waals surface area contributed by atoms with E-state index < -0.39 is 0 Å². The van der Waals surface area contributed by atoms with E-state index in [9.17, 15) is 0 Å². The monoisotopic (exact) mass is 419 g/mol. The van der Waals surface area contributed by atoms with Crippen molar-refractivity contribution >= 4 is 44.5 Å². The second kappa shape index (κ2) is 7.00. The molecule has 25 heavy (non-hydrogen) atoms. The number of nitrogen functional groups attached to an aromatic ring is 1. The number of hydrogen-bond donors (Lipinski definition) is 2. The molecule has 0 saturated carbocycles. The molecule has 0 aliphatic heterocycles. The molecule has 0 atom stereocenters. The normalized spacial score (nSPS) is 10.8. The summed E-state index contributed by atoms with van der Waals surface area (Å²) in [6.07, 6.45) is 3.64. The average Bonchev–Trinajstić information content (AvgIpc) is 2.91. The van der Waals surface area contributed by atoms with Crippen LogP contribution in [0.3, 0.4) is 0 Å². The second-order valence-corrected chi connectivity index (χ2v) is 6.68. The van der Waals surface area contributed by atoms with Gasteiger partial charge in [0.25, 0.3) is 0 Å². The van der Waals surface area contributed by atoms with E-state index in [-0.39, 0.29) is 17.7 Å². The first-order valence-corrected chi connectivity index (χ1v) is 8.61. The number of aromatic nitrogens is 4. The van der Waals surface area contributed by atoms with Gasteiger partial charge < -0.3 is 15.4 Å². The Morgan fingerprint density at radius 2 is 2.12 bits per heavy atom. The van der Waals surface area contributed by atoms with Crippen molar-refractivity contribution in [2.45, 2.75) is 20.4 Å². The van der Waals surface area contributed by atoms with Crippen LogP contribution in [0, 0.1) is 25.7 Å². The molecule has 0 aromatic carbocycles. The fraction of sp³-hybridized carbons (Fsp3) is 0.235. The van der Waals surface area contributed by atoms with Gasteiger partial charge in [0.2, 0.25) is 5.95 Å². The molecule has 0 amide bonds. The maximum Gasteiger partial charge on any atom is 0.223 e. The Kier molecular flexibility index (Phi) is 4.95.